The Morgan fingerprint density at radius 2 is 1.95 bits per heavy atom. The molecule has 1 aliphatic carbocycles. The Bertz CT molecular complexity index is 492. The fourth-order valence-corrected chi connectivity index (χ4v) is 3.46. The number of hydrogen-bond acceptors (Lipinski definition) is 2. The molecule has 0 amide bonds. The van der Waals surface area contributed by atoms with Gasteiger partial charge in [-0.3, -0.25) is 0 Å². The summed E-state index contributed by atoms with van der Waals surface area (Å²) in [5, 5.41) is 11.0. The van der Waals surface area contributed by atoms with Crippen LogP contribution in [0.5, 0.6) is 5.75 Å². The number of hydrogen-bond donors (Lipinski definition) is 1. The number of rotatable bonds is 2. The minimum absolute atomic E-state index is 0.240. The highest BCUT2D eigenvalue weighted by Crippen LogP contribution is 2.44. The molecule has 1 saturated carbocycles. The second-order valence-corrected chi connectivity index (χ2v) is 7.37. The highest BCUT2D eigenvalue weighted by atomic mass is 19.1. The molecule has 0 heterocycles. The van der Waals surface area contributed by atoms with E-state index >= 15 is 0 Å². The summed E-state index contributed by atoms with van der Waals surface area (Å²) < 4.78 is 19.3. The molecule has 0 saturated heterocycles. The maximum Gasteiger partial charge on any atom is 0.132 e. The Morgan fingerprint density at radius 1 is 1.24 bits per heavy atom. The van der Waals surface area contributed by atoms with Crippen LogP contribution in [0.2, 0.25) is 0 Å². The normalized spacial score (nSPS) is 27.2. The average Bonchev–Trinajstić information content (AvgIpc) is 2.60. The van der Waals surface area contributed by atoms with E-state index in [2.05, 4.69) is 20.8 Å². The molecular weight excluding hydrogens is 267 g/mol. The lowest BCUT2D eigenvalue weighted by Gasteiger charge is -2.31. The van der Waals surface area contributed by atoms with Gasteiger partial charge in [-0.1, -0.05) is 20.8 Å². The molecule has 2 nitrogen and oxygen atoms in total. The van der Waals surface area contributed by atoms with Crippen LogP contribution in [0.4, 0.5) is 4.39 Å². The SMILES string of the molecule is COc1ccc(C2(O)CCCC(C(C)(C)C)CC2)c(F)c1. The van der Waals surface area contributed by atoms with Crippen LogP contribution in [0.25, 0.3) is 0 Å². The quantitative estimate of drug-likeness (QED) is 0.805. The second-order valence-electron chi connectivity index (χ2n) is 7.37. The first-order chi connectivity index (χ1) is 9.76. The van der Waals surface area contributed by atoms with Crippen LogP contribution >= 0.6 is 0 Å². The molecule has 0 aromatic heterocycles. The molecule has 0 bridgehead atoms. The molecule has 0 radical (unpaired) electrons. The molecule has 118 valence electrons. The Morgan fingerprint density at radius 3 is 2.52 bits per heavy atom. The third kappa shape index (κ3) is 3.57. The molecule has 1 N–H and O–H groups in total. The van der Waals surface area contributed by atoms with Crippen molar-refractivity contribution in [3.63, 3.8) is 0 Å². The van der Waals surface area contributed by atoms with Crippen molar-refractivity contribution in [1.29, 1.82) is 0 Å². The number of benzene rings is 1. The maximum absolute atomic E-state index is 14.3. The smallest absolute Gasteiger partial charge is 0.132 e. The van der Waals surface area contributed by atoms with Gasteiger partial charge in [0.25, 0.3) is 0 Å². The standard InChI is InChI=1S/C18H27FO2/c1-17(2,3)13-6-5-10-18(20,11-9-13)15-8-7-14(21-4)12-16(15)19/h7-8,12-13,20H,5-6,9-11H2,1-4H3. The van der Waals surface area contributed by atoms with Crippen LogP contribution < -0.4 is 4.74 Å². The topological polar surface area (TPSA) is 29.5 Å². The summed E-state index contributed by atoms with van der Waals surface area (Å²) in [6, 6.07) is 4.76. The van der Waals surface area contributed by atoms with E-state index < -0.39 is 5.60 Å². The summed E-state index contributed by atoms with van der Waals surface area (Å²) in [5.74, 6) is 0.694. The van der Waals surface area contributed by atoms with Crippen molar-refractivity contribution in [3.8, 4) is 5.75 Å². The Kier molecular flexibility index (Phi) is 4.62. The van der Waals surface area contributed by atoms with Crippen LogP contribution in [0.3, 0.4) is 0 Å². The number of ether oxygens (including phenoxy) is 1. The Balaban J connectivity index is 2.23. The number of halogens is 1. The van der Waals surface area contributed by atoms with E-state index in [1.54, 1.807) is 12.1 Å². The van der Waals surface area contributed by atoms with Crippen LogP contribution in [0, 0.1) is 17.2 Å². The molecule has 2 unspecified atom stereocenters. The van der Waals surface area contributed by atoms with Crippen LogP contribution in [0.15, 0.2) is 18.2 Å². The zero-order chi connectivity index (χ0) is 15.7. The van der Waals surface area contributed by atoms with Gasteiger partial charge in [-0.05, 0) is 55.6 Å². The van der Waals surface area contributed by atoms with Crippen molar-refractivity contribution in [2.75, 3.05) is 7.11 Å². The van der Waals surface area contributed by atoms with Gasteiger partial charge < -0.3 is 9.84 Å². The minimum Gasteiger partial charge on any atom is -0.497 e. The van der Waals surface area contributed by atoms with E-state index in [4.69, 9.17) is 4.74 Å². The fraction of sp³-hybridized carbons (Fsp3) is 0.667. The van der Waals surface area contributed by atoms with E-state index in [0.717, 1.165) is 19.3 Å². The van der Waals surface area contributed by atoms with Gasteiger partial charge in [0, 0.05) is 11.6 Å². The van der Waals surface area contributed by atoms with Gasteiger partial charge >= 0.3 is 0 Å². The lowest BCUT2D eigenvalue weighted by Crippen LogP contribution is -2.27. The predicted octanol–water partition coefficient (Wildman–Crippen LogP) is 4.65. The first kappa shape index (κ1) is 16.3. The largest absolute Gasteiger partial charge is 0.497 e. The zero-order valence-corrected chi connectivity index (χ0v) is 13.6. The molecule has 21 heavy (non-hydrogen) atoms. The van der Waals surface area contributed by atoms with Gasteiger partial charge in [-0.2, -0.15) is 0 Å². The van der Waals surface area contributed by atoms with E-state index in [1.165, 1.54) is 13.2 Å². The first-order valence-corrected chi connectivity index (χ1v) is 7.83. The molecule has 1 fully saturated rings. The maximum atomic E-state index is 14.3. The summed E-state index contributed by atoms with van der Waals surface area (Å²) in [5.41, 5.74) is -0.391. The summed E-state index contributed by atoms with van der Waals surface area (Å²) in [4.78, 5) is 0. The minimum atomic E-state index is -1.05. The van der Waals surface area contributed by atoms with Gasteiger partial charge in [0.2, 0.25) is 0 Å². The Labute approximate surface area is 127 Å². The van der Waals surface area contributed by atoms with Crippen LogP contribution in [-0.2, 0) is 5.60 Å². The van der Waals surface area contributed by atoms with Gasteiger partial charge in [0.15, 0.2) is 0 Å². The second kappa shape index (κ2) is 5.96. The average molecular weight is 294 g/mol. The molecule has 0 aliphatic heterocycles. The summed E-state index contributed by atoms with van der Waals surface area (Å²) >= 11 is 0. The number of aliphatic hydroxyl groups is 1. The van der Waals surface area contributed by atoms with Gasteiger partial charge in [-0.15, -0.1) is 0 Å². The van der Waals surface area contributed by atoms with E-state index in [-0.39, 0.29) is 11.2 Å². The van der Waals surface area contributed by atoms with Crippen molar-refractivity contribution in [2.45, 2.75) is 58.5 Å². The molecule has 3 heteroatoms. The van der Waals surface area contributed by atoms with Crippen molar-refractivity contribution in [1.82, 2.24) is 0 Å². The summed E-state index contributed by atoms with van der Waals surface area (Å²) in [6.45, 7) is 6.74. The molecule has 1 aromatic carbocycles. The summed E-state index contributed by atoms with van der Waals surface area (Å²) in [7, 11) is 1.52. The zero-order valence-electron chi connectivity index (χ0n) is 13.6. The van der Waals surface area contributed by atoms with E-state index in [1.807, 2.05) is 0 Å². The highest BCUT2D eigenvalue weighted by molar-refractivity contribution is 5.32. The molecule has 1 aromatic rings. The van der Waals surface area contributed by atoms with Crippen molar-refractivity contribution < 1.29 is 14.2 Å². The van der Waals surface area contributed by atoms with Gasteiger partial charge in [0.1, 0.15) is 11.6 Å². The molecule has 2 atom stereocenters. The van der Waals surface area contributed by atoms with Gasteiger partial charge in [0.05, 0.1) is 12.7 Å². The van der Waals surface area contributed by atoms with Crippen molar-refractivity contribution in [3.05, 3.63) is 29.6 Å². The number of methoxy groups -OCH3 is 1. The molecule has 0 spiro atoms. The Hall–Kier alpha value is -1.09. The molecule has 2 rings (SSSR count). The molecule has 1 aliphatic rings. The predicted molar refractivity (Wildman–Crippen MR) is 82.9 cm³/mol. The molecular formula is C18H27FO2. The first-order valence-electron chi connectivity index (χ1n) is 7.83. The monoisotopic (exact) mass is 294 g/mol. The van der Waals surface area contributed by atoms with Crippen molar-refractivity contribution >= 4 is 0 Å². The highest BCUT2D eigenvalue weighted by Gasteiger charge is 2.37. The van der Waals surface area contributed by atoms with Gasteiger partial charge in [-0.25, -0.2) is 4.39 Å². The van der Waals surface area contributed by atoms with Crippen LogP contribution in [-0.4, -0.2) is 12.2 Å². The lowest BCUT2D eigenvalue weighted by atomic mass is 9.76. The van der Waals surface area contributed by atoms with E-state index in [9.17, 15) is 9.50 Å². The van der Waals surface area contributed by atoms with Crippen LogP contribution in [0.1, 0.15) is 58.4 Å². The fourth-order valence-electron chi connectivity index (χ4n) is 3.46. The third-order valence-corrected chi connectivity index (χ3v) is 4.95. The van der Waals surface area contributed by atoms with Crippen molar-refractivity contribution in [2.24, 2.45) is 11.3 Å². The lowest BCUT2D eigenvalue weighted by molar-refractivity contribution is 0.0146. The third-order valence-electron chi connectivity index (χ3n) is 4.95. The van der Waals surface area contributed by atoms with E-state index in [0.29, 0.717) is 30.1 Å². The summed E-state index contributed by atoms with van der Waals surface area (Å²) in [6.07, 6.45) is 4.22.